The Balaban J connectivity index is 1.81. The molecule has 2 amide bonds. The number of halogens is 1. The smallest absolute Gasteiger partial charge is 0.462 e. The molecule has 0 saturated carbocycles. The molecule has 2 rings (SSSR count). The third kappa shape index (κ3) is 7.01. The van der Waals surface area contributed by atoms with Crippen LogP contribution < -0.4 is 4.90 Å². The summed E-state index contributed by atoms with van der Waals surface area (Å²) in [7, 11) is 0. The van der Waals surface area contributed by atoms with Gasteiger partial charge in [0.2, 0.25) is 0 Å². The number of phenols is 1. The molecule has 1 heterocycles. The fourth-order valence-electron chi connectivity index (χ4n) is 2.25. The van der Waals surface area contributed by atoms with Crippen molar-refractivity contribution in [3.05, 3.63) is 22.7 Å². The topological polar surface area (TPSA) is 104 Å². The number of amides is 2. The van der Waals surface area contributed by atoms with Crippen molar-refractivity contribution in [3.63, 3.8) is 0 Å². The maximum absolute atomic E-state index is 11.7. The monoisotopic (exact) mass is 440 g/mol. The van der Waals surface area contributed by atoms with Crippen LogP contribution in [0.15, 0.2) is 32.7 Å². The molecule has 0 aliphatic carbocycles. The molecule has 1 aromatic rings. The highest BCUT2D eigenvalue weighted by molar-refractivity contribution is 9.10. The van der Waals surface area contributed by atoms with Crippen molar-refractivity contribution in [2.24, 2.45) is 9.98 Å². The summed E-state index contributed by atoms with van der Waals surface area (Å²) in [6, 6.07) is 7.24. The zero-order valence-corrected chi connectivity index (χ0v) is 16.9. The van der Waals surface area contributed by atoms with Crippen molar-refractivity contribution < 1.29 is 24.3 Å². The zero-order chi connectivity index (χ0) is 20.0. The summed E-state index contributed by atoms with van der Waals surface area (Å²) in [5.74, 6) is 0.178. The number of carbonyl (C=O) groups is 2. The zero-order valence-electron chi connectivity index (χ0n) is 15.3. The molecule has 1 aliphatic rings. The number of piperazine rings is 1. The quantitative estimate of drug-likeness (QED) is 0.702. The second-order valence-corrected chi connectivity index (χ2v) is 7.57. The van der Waals surface area contributed by atoms with Crippen molar-refractivity contribution in [2.45, 2.75) is 26.4 Å². The molecular formula is C17H21BrN4O5. The Kier molecular flexibility index (Phi) is 6.95. The third-order valence-corrected chi connectivity index (χ3v) is 4.05. The van der Waals surface area contributed by atoms with E-state index in [0.717, 1.165) is 5.69 Å². The maximum atomic E-state index is 11.7. The molecule has 0 spiro atoms. The highest BCUT2D eigenvalue weighted by Crippen LogP contribution is 2.29. The van der Waals surface area contributed by atoms with E-state index in [0.29, 0.717) is 30.7 Å². The van der Waals surface area contributed by atoms with Gasteiger partial charge >= 0.3 is 12.2 Å². The number of hydroxylamine groups is 2. The molecule has 27 heavy (non-hydrogen) atoms. The fourth-order valence-corrected chi connectivity index (χ4v) is 2.62. The summed E-state index contributed by atoms with van der Waals surface area (Å²) in [6.45, 7) is 7.29. The van der Waals surface area contributed by atoms with E-state index in [2.05, 4.69) is 30.8 Å². The van der Waals surface area contributed by atoms with Crippen LogP contribution in [0.3, 0.4) is 0 Å². The number of rotatable bonds is 2. The number of ether oxygens (including phenoxy) is 1. The van der Waals surface area contributed by atoms with Crippen LogP contribution in [0.1, 0.15) is 20.8 Å². The van der Waals surface area contributed by atoms with Crippen molar-refractivity contribution in [3.8, 4) is 5.75 Å². The van der Waals surface area contributed by atoms with Gasteiger partial charge in [0.05, 0.1) is 17.6 Å². The fraction of sp³-hybridized carbons (Fsp3) is 0.471. The Bertz CT molecular complexity index is 763. The Morgan fingerprint density at radius 3 is 2.37 bits per heavy atom. The second kappa shape index (κ2) is 8.98. The Hall–Kier alpha value is -2.42. The van der Waals surface area contributed by atoms with Gasteiger partial charge in [-0.3, -0.25) is 0 Å². The molecule has 10 heteroatoms. The number of benzene rings is 1. The summed E-state index contributed by atoms with van der Waals surface area (Å²) in [4.78, 5) is 36.8. The number of carbonyl (C=O) groups excluding carboxylic acids is 2. The van der Waals surface area contributed by atoms with E-state index in [-0.39, 0.29) is 5.75 Å². The van der Waals surface area contributed by atoms with E-state index in [4.69, 9.17) is 9.57 Å². The Morgan fingerprint density at radius 2 is 1.78 bits per heavy atom. The first-order valence-electron chi connectivity index (χ1n) is 8.24. The van der Waals surface area contributed by atoms with Crippen LogP contribution in [0.5, 0.6) is 5.75 Å². The van der Waals surface area contributed by atoms with Gasteiger partial charge < -0.3 is 19.6 Å². The molecule has 1 aromatic carbocycles. The standard InChI is InChI=1S/C17H21BrN4O5/c1-17(2,3)26-15(24)19-11-20-16(25)27-22-8-6-21(7-9-22)12-4-5-14(23)13(18)10-12/h4-5,10,23H,6-9H2,1-3H3. The lowest BCUT2D eigenvalue weighted by atomic mass is 10.2. The van der Waals surface area contributed by atoms with Gasteiger partial charge in [0, 0.05) is 18.8 Å². The summed E-state index contributed by atoms with van der Waals surface area (Å²) >= 11 is 3.29. The molecule has 9 nitrogen and oxygen atoms in total. The van der Waals surface area contributed by atoms with Gasteiger partial charge in [-0.25, -0.2) is 9.59 Å². The van der Waals surface area contributed by atoms with Crippen molar-refractivity contribution in [1.82, 2.24) is 5.06 Å². The summed E-state index contributed by atoms with van der Waals surface area (Å²) in [5.41, 5.74) is 0.267. The molecule has 1 N–H and O–H groups in total. The van der Waals surface area contributed by atoms with Crippen LogP contribution in [0.25, 0.3) is 0 Å². The normalized spacial score (nSPS) is 14.9. The number of hydrogen-bond acceptors (Lipinski definition) is 7. The molecule has 146 valence electrons. The van der Waals surface area contributed by atoms with E-state index >= 15 is 0 Å². The van der Waals surface area contributed by atoms with Gasteiger partial charge in [-0.1, -0.05) is 0 Å². The number of nitrogens with zero attached hydrogens (tertiary/aromatic N) is 4. The summed E-state index contributed by atoms with van der Waals surface area (Å²) in [5, 5.41) is 11.0. The Labute approximate surface area is 165 Å². The number of phenolic OH excluding ortho intramolecular Hbond substituents is 1. The predicted octanol–water partition coefficient (Wildman–Crippen LogP) is 3.44. The third-order valence-electron chi connectivity index (χ3n) is 3.42. The first-order chi connectivity index (χ1) is 12.6. The van der Waals surface area contributed by atoms with Crippen LogP contribution in [0.2, 0.25) is 0 Å². The van der Waals surface area contributed by atoms with Gasteiger partial charge in [0.25, 0.3) is 0 Å². The van der Waals surface area contributed by atoms with Crippen molar-refractivity contribution in [1.29, 1.82) is 0 Å². The van der Waals surface area contributed by atoms with Crippen LogP contribution in [0, 0.1) is 0 Å². The minimum Gasteiger partial charge on any atom is -0.507 e. The summed E-state index contributed by atoms with van der Waals surface area (Å²) < 4.78 is 5.54. The second-order valence-electron chi connectivity index (χ2n) is 6.71. The number of aliphatic imine (C=N–C) groups is 2. The minimum atomic E-state index is -0.914. The van der Waals surface area contributed by atoms with E-state index < -0.39 is 17.8 Å². The van der Waals surface area contributed by atoms with Gasteiger partial charge in [-0.15, -0.1) is 15.0 Å². The first kappa shape index (κ1) is 20.9. The number of anilines is 1. The van der Waals surface area contributed by atoms with Crippen LogP contribution in [-0.4, -0.2) is 60.1 Å². The highest BCUT2D eigenvalue weighted by Gasteiger charge is 2.21. The number of aromatic hydroxyl groups is 1. The average molecular weight is 441 g/mol. The SMILES string of the molecule is CC(C)(C)OC(=O)N=C=NC(=O)ON1CCN(c2ccc(O)c(Br)c2)CC1. The molecular weight excluding hydrogens is 420 g/mol. The summed E-state index contributed by atoms with van der Waals surface area (Å²) in [6.07, 6.45) is -1.80. The lowest BCUT2D eigenvalue weighted by Gasteiger charge is -2.34. The largest absolute Gasteiger partial charge is 0.507 e. The van der Waals surface area contributed by atoms with Crippen molar-refractivity contribution in [2.75, 3.05) is 31.1 Å². The van der Waals surface area contributed by atoms with Crippen LogP contribution in [-0.2, 0) is 9.57 Å². The van der Waals surface area contributed by atoms with E-state index in [1.165, 1.54) is 5.06 Å². The van der Waals surface area contributed by atoms with Crippen molar-refractivity contribution >= 4 is 39.8 Å². The van der Waals surface area contributed by atoms with Gasteiger partial charge in [0.1, 0.15) is 17.4 Å². The van der Waals surface area contributed by atoms with Gasteiger partial charge in [-0.2, -0.15) is 0 Å². The molecule has 0 bridgehead atoms. The van der Waals surface area contributed by atoms with E-state index in [1.807, 2.05) is 18.1 Å². The molecule has 0 aromatic heterocycles. The lowest BCUT2D eigenvalue weighted by Crippen LogP contribution is -2.46. The lowest BCUT2D eigenvalue weighted by molar-refractivity contribution is -0.0983. The van der Waals surface area contributed by atoms with Crippen LogP contribution in [0.4, 0.5) is 15.3 Å². The molecule has 1 fully saturated rings. The first-order valence-corrected chi connectivity index (χ1v) is 9.03. The van der Waals surface area contributed by atoms with Gasteiger partial charge in [-0.05, 0) is 54.9 Å². The predicted molar refractivity (Wildman–Crippen MR) is 102 cm³/mol. The highest BCUT2D eigenvalue weighted by atomic mass is 79.9. The average Bonchev–Trinajstić information content (AvgIpc) is 2.56. The Morgan fingerprint density at radius 1 is 1.15 bits per heavy atom. The van der Waals surface area contributed by atoms with Gasteiger partial charge in [0.15, 0.2) is 0 Å². The molecule has 0 unspecified atom stereocenters. The molecule has 1 saturated heterocycles. The molecule has 0 atom stereocenters. The maximum Gasteiger partial charge on any atom is 0.462 e. The van der Waals surface area contributed by atoms with E-state index in [1.54, 1.807) is 26.8 Å². The molecule has 1 aliphatic heterocycles. The minimum absolute atomic E-state index is 0.178. The van der Waals surface area contributed by atoms with Crippen LogP contribution >= 0.6 is 15.9 Å². The van der Waals surface area contributed by atoms with E-state index in [9.17, 15) is 14.7 Å². The number of hydrogen-bond donors (Lipinski definition) is 1. The molecule has 0 radical (unpaired) electrons.